The van der Waals surface area contributed by atoms with Crippen LogP contribution >= 0.6 is 0 Å². The Hall–Kier alpha value is -1.28. The van der Waals surface area contributed by atoms with Gasteiger partial charge >= 0.3 is 0 Å². The van der Waals surface area contributed by atoms with Gasteiger partial charge in [-0.1, -0.05) is 11.6 Å². The average molecular weight is 231 g/mol. The van der Waals surface area contributed by atoms with Crippen LogP contribution in [0.15, 0.2) is 30.4 Å². The van der Waals surface area contributed by atoms with Crippen LogP contribution < -0.4 is 10.5 Å². The Bertz CT molecular complexity index is 411. The normalized spacial score (nSPS) is 18.6. The fourth-order valence-corrected chi connectivity index (χ4v) is 2.25. The van der Waals surface area contributed by atoms with Gasteiger partial charge in [0.25, 0.3) is 0 Å². The zero-order valence-corrected chi connectivity index (χ0v) is 10.5. The molecular formula is C15H21NO. The van der Waals surface area contributed by atoms with E-state index in [0.717, 1.165) is 30.6 Å². The topological polar surface area (TPSA) is 35.2 Å². The molecule has 0 saturated carbocycles. The maximum absolute atomic E-state index is 6.12. The molecule has 0 saturated heterocycles. The maximum atomic E-state index is 6.12. The highest BCUT2D eigenvalue weighted by Gasteiger charge is 2.17. The number of benzene rings is 1. The minimum Gasteiger partial charge on any atom is -0.493 e. The van der Waals surface area contributed by atoms with E-state index in [-0.39, 0.29) is 6.04 Å². The summed E-state index contributed by atoms with van der Waals surface area (Å²) in [4.78, 5) is 0. The first-order valence-corrected chi connectivity index (χ1v) is 6.32. The Morgan fingerprint density at radius 2 is 2.35 bits per heavy atom. The Morgan fingerprint density at radius 1 is 1.53 bits per heavy atom. The van der Waals surface area contributed by atoms with E-state index in [4.69, 9.17) is 10.5 Å². The number of ether oxygens (including phenoxy) is 1. The van der Waals surface area contributed by atoms with Gasteiger partial charge in [0.05, 0.1) is 6.61 Å². The van der Waals surface area contributed by atoms with E-state index >= 15 is 0 Å². The highest BCUT2D eigenvalue weighted by molar-refractivity contribution is 5.39. The molecule has 92 valence electrons. The van der Waals surface area contributed by atoms with Crippen molar-refractivity contribution in [3.63, 3.8) is 0 Å². The summed E-state index contributed by atoms with van der Waals surface area (Å²) in [6, 6.07) is 6.50. The monoisotopic (exact) mass is 231 g/mol. The van der Waals surface area contributed by atoms with Crippen molar-refractivity contribution in [3.8, 4) is 5.75 Å². The summed E-state index contributed by atoms with van der Waals surface area (Å²) in [5.41, 5.74) is 9.93. The second-order valence-corrected chi connectivity index (χ2v) is 4.91. The van der Waals surface area contributed by atoms with Crippen molar-refractivity contribution in [2.75, 3.05) is 6.61 Å². The first kappa shape index (κ1) is 12.2. The van der Waals surface area contributed by atoms with E-state index in [9.17, 15) is 0 Å². The molecule has 17 heavy (non-hydrogen) atoms. The zero-order chi connectivity index (χ0) is 12.3. The number of fused-ring (bicyclic) bond motifs is 1. The number of nitrogens with two attached hydrogens (primary N) is 1. The predicted octanol–water partition coefficient (Wildman–Crippen LogP) is 3.37. The first-order chi connectivity index (χ1) is 8.16. The SMILES string of the molecule is C=C(C)CCOc1ccc2c(c1)[C@H](N)CCC2. The molecule has 1 aromatic carbocycles. The molecule has 0 radical (unpaired) electrons. The molecule has 1 aliphatic rings. The third-order valence-corrected chi connectivity index (χ3v) is 3.28. The van der Waals surface area contributed by atoms with Gasteiger partial charge in [0, 0.05) is 12.5 Å². The van der Waals surface area contributed by atoms with Crippen molar-refractivity contribution >= 4 is 0 Å². The molecule has 0 aliphatic heterocycles. The summed E-state index contributed by atoms with van der Waals surface area (Å²) in [6.45, 7) is 6.59. The summed E-state index contributed by atoms with van der Waals surface area (Å²) in [5.74, 6) is 0.933. The van der Waals surface area contributed by atoms with Crippen LogP contribution in [0.3, 0.4) is 0 Å². The van der Waals surface area contributed by atoms with Gasteiger partial charge in [-0.25, -0.2) is 0 Å². The molecule has 0 bridgehead atoms. The van der Waals surface area contributed by atoms with Gasteiger partial charge in [0.1, 0.15) is 5.75 Å². The van der Waals surface area contributed by atoms with Gasteiger partial charge in [0.2, 0.25) is 0 Å². The quantitative estimate of drug-likeness (QED) is 0.806. The molecule has 1 aromatic rings. The third-order valence-electron chi connectivity index (χ3n) is 3.28. The Morgan fingerprint density at radius 3 is 3.12 bits per heavy atom. The van der Waals surface area contributed by atoms with Crippen LogP contribution in [-0.4, -0.2) is 6.61 Å². The van der Waals surface area contributed by atoms with Crippen molar-refractivity contribution in [1.29, 1.82) is 0 Å². The third kappa shape index (κ3) is 3.10. The van der Waals surface area contributed by atoms with E-state index < -0.39 is 0 Å². The minimum atomic E-state index is 0.184. The molecule has 1 aliphatic carbocycles. The molecule has 0 heterocycles. The lowest BCUT2D eigenvalue weighted by atomic mass is 9.88. The van der Waals surface area contributed by atoms with E-state index in [0.29, 0.717) is 6.61 Å². The molecule has 2 heteroatoms. The number of hydrogen-bond acceptors (Lipinski definition) is 2. The molecule has 2 nitrogen and oxygen atoms in total. The number of hydrogen-bond donors (Lipinski definition) is 1. The molecule has 1 atom stereocenters. The van der Waals surface area contributed by atoms with Gasteiger partial charge < -0.3 is 10.5 Å². The standard InChI is InChI=1S/C15H21NO/c1-11(2)8-9-17-13-7-6-12-4-3-5-15(16)14(12)10-13/h6-7,10,15H,1,3-5,8-9,16H2,2H3/t15-/m1/s1. The lowest BCUT2D eigenvalue weighted by Crippen LogP contribution is -2.17. The van der Waals surface area contributed by atoms with Crippen molar-refractivity contribution in [2.24, 2.45) is 5.73 Å². The molecule has 0 fully saturated rings. The zero-order valence-electron chi connectivity index (χ0n) is 10.5. The maximum Gasteiger partial charge on any atom is 0.119 e. The molecular weight excluding hydrogens is 210 g/mol. The van der Waals surface area contributed by atoms with Crippen molar-refractivity contribution in [3.05, 3.63) is 41.5 Å². The Balaban J connectivity index is 2.04. The van der Waals surface area contributed by atoms with Crippen LogP contribution in [0.5, 0.6) is 5.75 Å². The van der Waals surface area contributed by atoms with Crippen LogP contribution in [0.25, 0.3) is 0 Å². The van der Waals surface area contributed by atoms with Gasteiger partial charge in [-0.05, 0) is 49.4 Å². The summed E-state index contributed by atoms with van der Waals surface area (Å²) < 4.78 is 5.71. The van der Waals surface area contributed by atoms with Gasteiger partial charge in [-0.3, -0.25) is 0 Å². The fraction of sp³-hybridized carbons (Fsp3) is 0.467. The van der Waals surface area contributed by atoms with Gasteiger partial charge in [-0.15, -0.1) is 6.58 Å². The van der Waals surface area contributed by atoms with Crippen molar-refractivity contribution in [2.45, 2.75) is 38.6 Å². The lowest BCUT2D eigenvalue weighted by Gasteiger charge is -2.22. The fourth-order valence-electron chi connectivity index (χ4n) is 2.25. The summed E-state index contributed by atoms with van der Waals surface area (Å²) >= 11 is 0. The van der Waals surface area contributed by atoms with Crippen molar-refractivity contribution < 1.29 is 4.74 Å². The van der Waals surface area contributed by atoms with Crippen molar-refractivity contribution in [1.82, 2.24) is 0 Å². The second-order valence-electron chi connectivity index (χ2n) is 4.91. The van der Waals surface area contributed by atoms with Gasteiger partial charge in [-0.2, -0.15) is 0 Å². The van der Waals surface area contributed by atoms with Gasteiger partial charge in [0.15, 0.2) is 0 Å². The highest BCUT2D eigenvalue weighted by Crippen LogP contribution is 2.30. The van der Waals surface area contributed by atoms with Crippen LogP contribution in [0, 0.1) is 0 Å². The summed E-state index contributed by atoms with van der Waals surface area (Å²) in [5, 5.41) is 0. The number of aryl methyl sites for hydroxylation is 1. The molecule has 0 spiro atoms. The summed E-state index contributed by atoms with van der Waals surface area (Å²) in [7, 11) is 0. The summed E-state index contributed by atoms with van der Waals surface area (Å²) in [6.07, 6.45) is 4.34. The minimum absolute atomic E-state index is 0.184. The molecule has 2 rings (SSSR count). The molecule has 0 aromatic heterocycles. The molecule has 2 N–H and O–H groups in total. The van der Waals surface area contributed by atoms with Crippen LogP contribution in [0.2, 0.25) is 0 Å². The molecule has 0 unspecified atom stereocenters. The van der Waals surface area contributed by atoms with Crippen LogP contribution in [-0.2, 0) is 6.42 Å². The second kappa shape index (κ2) is 5.37. The van der Waals surface area contributed by atoms with E-state index in [1.165, 1.54) is 17.5 Å². The first-order valence-electron chi connectivity index (χ1n) is 6.32. The molecule has 0 amide bonds. The average Bonchev–Trinajstić information content (AvgIpc) is 2.30. The van der Waals surface area contributed by atoms with E-state index in [1.807, 2.05) is 6.92 Å². The Kier molecular flexibility index (Phi) is 3.85. The largest absolute Gasteiger partial charge is 0.493 e. The van der Waals surface area contributed by atoms with E-state index in [2.05, 4.69) is 24.8 Å². The Labute approximate surface area is 103 Å². The highest BCUT2D eigenvalue weighted by atomic mass is 16.5. The van der Waals surface area contributed by atoms with E-state index in [1.54, 1.807) is 0 Å². The smallest absolute Gasteiger partial charge is 0.119 e. The lowest BCUT2D eigenvalue weighted by molar-refractivity contribution is 0.321. The van der Waals surface area contributed by atoms with Crippen LogP contribution in [0.1, 0.15) is 43.4 Å². The number of rotatable bonds is 4. The van der Waals surface area contributed by atoms with Crippen LogP contribution in [0.4, 0.5) is 0 Å². The predicted molar refractivity (Wildman–Crippen MR) is 71.2 cm³/mol.